The quantitative estimate of drug-likeness (QED) is 0.0838. The fourth-order valence-electron chi connectivity index (χ4n) is 3.97. The number of carbonyl (C=O) groups excluding carboxylic acids is 1. The fraction of sp³-hybridized carbons (Fsp3) is 0.880. The second-order valence-corrected chi connectivity index (χ2v) is 25.4. The molecule has 0 radical (unpaired) electrons. The Kier molecular flexibility index (Phi) is 14.2. The van der Waals surface area contributed by atoms with Crippen LogP contribution in [0.4, 0.5) is 0 Å². The van der Waals surface area contributed by atoms with E-state index in [4.69, 9.17) is 18.3 Å². The molecular weight excluding hydrogens is 465 g/mol. The van der Waals surface area contributed by atoms with Gasteiger partial charge in [0.2, 0.25) is 8.32 Å². The van der Waals surface area contributed by atoms with E-state index in [1.54, 1.807) is 6.92 Å². The molecule has 5 nitrogen and oxygen atoms in total. The zero-order chi connectivity index (χ0) is 25.9. The minimum atomic E-state index is -2.10. The predicted molar refractivity (Wildman–Crippen MR) is 149 cm³/mol. The lowest BCUT2D eigenvalue weighted by Gasteiger charge is -2.47. The molecule has 8 heteroatoms. The zero-order valence-electron chi connectivity index (χ0n) is 23.7. The van der Waals surface area contributed by atoms with E-state index in [9.17, 15) is 4.79 Å². The summed E-state index contributed by atoms with van der Waals surface area (Å²) in [5.41, 5.74) is 0.806. The van der Waals surface area contributed by atoms with Gasteiger partial charge in [0, 0.05) is 17.9 Å². The van der Waals surface area contributed by atoms with Crippen molar-refractivity contribution in [1.82, 2.24) is 0 Å². The SMILES string of the molecule is C=C(C)C(=O)OCCOCCC[Si](C)(C)OC(C)(C)[Si](C)(C)OC(CC)[Si](C)(C)CCCC. The number of unbranched alkanes of at least 4 members (excludes halogenated alkanes) is 1. The Morgan fingerprint density at radius 1 is 0.939 bits per heavy atom. The summed E-state index contributed by atoms with van der Waals surface area (Å²) >= 11 is 0. The van der Waals surface area contributed by atoms with Gasteiger partial charge in [0.05, 0.1) is 19.9 Å². The van der Waals surface area contributed by atoms with Crippen molar-refractivity contribution in [2.24, 2.45) is 0 Å². The van der Waals surface area contributed by atoms with Gasteiger partial charge in [-0.15, -0.1) is 0 Å². The number of carbonyl (C=O) groups is 1. The molecular formula is C25H54O5Si3. The molecule has 1 unspecified atom stereocenters. The summed E-state index contributed by atoms with van der Waals surface area (Å²) in [6.45, 7) is 29.8. The third-order valence-electron chi connectivity index (χ3n) is 6.71. The number of esters is 1. The van der Waals surface area contributed by atoms with Crippen LogP contribution in [0.15, 0.2) is 12.2 Å². The van der Waals surface area contributed by atoms with E-state index >= 15 is 0 Å². The average Bonchev–Trinajstić information content (AvgIpc) is 2.68. The van der Waals surface area contributed by atoms with Crippen molar-refractivity contribution >= 4 is 30.7 Å². The van der Waals surface area contributed by atoms with Crippen LogP contribution >= 0.6 is 0 Å². The minimum Gasteiger partial charge on any atom is -0.460 e. The summed E-state index contributed by atoms with van der Waals surface area (Å²) < 4.78 is 24.6. The van der Waals surface area contributed by atoms with Crippen molar-refractivity contribution in [2.45, 2.75) is 123 Å². The van der Waals surface area contributed by atoms with Crippen LogP contribution in [-0.4, -0.2) is 61.5 Å². The van der Waals surface area contributed by atoms with Crippen LogP contribution < -0.4 is 0 Å². The molecule has 196 valence electrons. The van der Waals surface area contributed by atoms with Gasteiger partial charge in [0.1, 0.15) is 6.61 Å². The number of hydrogen-bond donors (Lipinski definition) is 0. The van der Waals surface area contributed by atoms with Gasteiger partial charge in [0.25, 0.3) is 0 Å². The van der Waals surface area contributed by atoms with Gasteiger partial charge in [-0.2, -0.15) is 0 Å². The molecule has 0 aliphatic rings. The van der Waals surface area contributed by atoms with E-state index in [0.717, 1.165) is 18.9 Å². The molecule has 0 aromatic heterocycles. The van der Waals surface area contributed by atoms with E-state index in [2.05, 4.69) is 73.6 Å². The Balaban J connectivity index is 4.73. The fourth-order valence-corrected chi connectivity index (χ4v) is 14.3. The van der Waals surface area contributed by atoms with Crippen molar-refractivity contribution in [3.8, 4) is 0 Å². The van der Waals surface area contributed by atoms with Gasteiger partial charge in [-0.05, 0) is 65.8 Å². The molecule has 0 saturated heterocycles. The van der Waals surface area contributed by atoms with Crippen LogP contribution in [-0.2, 0) is 23.1 Å². The Bertz CT molecular complexity index is 603. The second kappa shape index (κ2) is 14.3. The Hall–Kier alpha value is -0.259. The van der Waals surface area contributed by atoms with Crippen LogP contribution in [0.3, 0.4) is 0 Å². The van der Waals surface area contributed by atoms with Crippen LogP contribution in [0, 0.1) is 0 Å². The third-order valence-corrected chi connectivity index (χ3v) is 17.6. The van der Waals surface area contributed by atoms with Gasteiger partial charge < -0.3 is 18.3 Å². The third kappa shape index (κ3) is 12.3. The highest BCUT2D eigenvalue weighted by atomic mass is 28.4. The monoisotopic (exact) mass is 518 g/mol. The minimum absolute atomic E-state index is 0.247. The number of ether oxygens (including phenoxy) is 2. The summed E-state index contributed by atoms with van der Waals surface area (Å²) in [6.07, 6.45) is 4.60. The van der Waals surface area contributed by atoms with Crippen LogP contribution in [0.25, 0.3) is 0 Å². The summed E-state index contributed by atoms with van der Waals surface area (Å²) in [5, 5.41) is -0.247. The topological polar surface area (TPSA) is 54.0 Å². The zero-order valence-corrected chi connectivity index (χ0v) is 26.7. The van der Waals surface area contributed by atoms with E-state index in [1.165, 1.54) is 18.9 Å². The van der Waals surface area contributed by atoms with Crippen molar-refractivity contribution in [3.63, 3.8) is 0 Å². The van der Waals surface area contributed by atoms with Crippen LogP contribution in [0.1, 0.15) is 60.3 Å². The molecule has 0 N–H and O–H groups in total. The highest BCUT2D eigenvalue weighted by Crippen LogP contribution is 2.34. The van der Waals surface area contributed by atoms with E-state index in [1.807, 2.05) is 0 Å². The summed E-state index contributed by atoms with van der Waals surface area (Å²) in [5.74, 6) is -0.362. The molecule has 0 amide bonds. The number of hydrogen-bond acceptors (Lipinski definition) is 5. The van der Waals surface area contributed by atoms with Crippen molar-refractivity contribution in [2.75, 3.05) is 19.8 Å². The molecule has 0 aliphatic heterocycles. The highest BCUT2D eigenvalue weighted by Gasteiger charge is 2.48. The van der Waals surface area contributed by atoms with Crippen LogP contribution in [0.5, 0.6) is 0 Å². The maximum absolute atomic E-state index is 11.4. The lowest BCUT2D eigenvalue weighted by molar-refractivity contribution is -0.140. The smallest absolute Gasteiger partial charge is 0.333 e. The second-order valence-electron chi connectivity index (χ2n) is 11.6. The molecule has 0 heterocycles. The summed E-state index contributed by atoms with van der Waals surface area (Å²) in [4.78, 5) is 11.4. The van der Waals surface area contributed by atoms with Gasteiger partial charge in [-0.25, -0.2) is 4.79 Å². The molecule has 0 aromatic rings. The first-order valence-electron chi connectivity index (χ1n) is 12.8. The molecule has 0 saturated carbocycles. The first-order valence-corrected chi connectivity index (χ1v) is 22.1. The highest BCUT2D eigenvalue weighted by molar-refractivity contribution is 6.81. The molecule has 0 aliphatic carbocycles. The molecule has 0 rings (SSSR count). The van der Waals surface area contributed by atoms with Gasteiger partial charge in [0.15, 0.2) is 8.32 Å². The van der Waals surface area contributed by atoms with Gasteiger partial charge >= 0.3 is 5.97 Å². The van der Waals surface area contributed by atoms with Crippen LogP contribution in [0.2, 0.25) is 51.4 Å². The predicted octanol–water partition coefficient (Wildman–Crippen LogP) is 7.10. The number of rotatable bonds is 18. The molecule has 0 aromatic carbocycles. The first kappa shape index (κ1) is 32.7. The van der Waals surface area contributed by atoms with Crippen molar-refractivity contribution in [3.05, 3.63) is 12.2 Å². The normalized spacial score (nSPS) is 14.3. The lowest BCUT2D eigenvalue weighted by atomic mass is 10.4. The summed E-state index contributed by atoms with van der Waals surface area (Å²) in [7, 11) is -5.42. The van der Waals surface area contributed by atoms with Crippen molar-refractivity contribution < 1.29 is 23.1 Å². The maximum atomic E-state index is 11.4. The lowest BCUT2D eigenvalue weighted by Crippen LogP contribution is -2.62. The molecule has 33 heavy (non-hydrogen) atoms. The van der Waals surface area contributed by atoms with E-state index in [-0.39, 0.29) is 17.8 Å². The summed E-state index contributed by atoms with van der Waals surface area (Å²) in [6, 6.07) is 2.36. The van der Waals surface area contributed by atoms with Gasteiger partial charge in [-0.3, -0.25) is 0 Å². The molecule has 0 fully saturated rings. The first-order chi connectivity index (χ1) is 15.0. The molecule has 0 bridgehead atoms. The average molecular weight is 519 g/mol. The van der Waals surface area contributed by atoms with E-state index in [0.29, 0.717) is 24.5 Å². The van der Waals surface area contributed by atoms with Crippen molar-refractivity contribution in [1.29, 1.82) is 0 Å². The Labute approximate surface area is 208 Å². The Morgan fingerprint density at radius 2 is 1.55 bits per heavy atom. The largest absolute Gasteiger partial charge is 0.460 e. The Morgan fingerprint density at radius 3 is 2.06 bits per heavy atom. The standard InChI is InChI=1S/C25H54O5Si3/c1-13-15-20-31(7,8)23(14-2)29-33(11,12)25(5,6)30-32(9,10)21-16-17-27-18-19-28-24(26)22(3)4/h23H,3,13-21H2,1-2,4-12H3. The molecule has 0 spiro atoms. The maximum Gasteiger partial charge on any atom is 0.333 e. The molecule has 1 atom stereocenters. The van der Waals surface area contributed by atoms with E-state index < -0.39 is 24.7 Å². The van der Waals surface area contributed by atoms with Gasteiger partial charge in [-0.1, -0.05) is 52.4 Å².